The van der Waals surface area contributed by atoms with Crippen molar-refractivity contribution < 1.29 is 0 Å². The van der Waals surface area contributed by atoms with Crippen molar-refractivity contribution in [3.63, 3.8) is 0 Å². The monoisotopic (exact) mass is 318 g/mol. The molecule has 3 heterocycles. The summed E-state index contributed by atoms with van der Waals surface area (Å²) < 4.78 is 3.68. The molecule has 5 heteroatoms. The summed E-state index contributed by atoms with van der Waals surface area (Å²) in [6.45, 7) is 1.28. The number of nitriles is 1. The molecule has 0 atom stereocenters. The van der Waals surface area contributed by atoms with Crippen LogP contribution in [-0.2, 0) is 19.5 Å². The van der Waals surface area contributed by atoms with Crippen LogP contribution >= 0.6 is 0 Å². The van der Waals surface area contributed by atoms with E-state index in [1.807, 2.05) is 34.9 Å². The first-order valence-electron chi connectivity index (χ1n) is 8.34. The Labute approximate surface area is 139 Å². The number of aromatic nitrogens is 3. The van der Waals surface area contributed by atoms with Gasteiger partial charge in [0, 0.05) is 12.2 Å². The number of nitrogens with zero attached hydrogens (tertiary/aromatic N) is 4. The van der Waals surface area contributed by atoms with Gasteiger partial charge in [-0.25, -0.2) is 4.98 Å². The minimum absolute atomic E-state index is 0.0616. The van der Waals surface area contributed by atoms with E-state index >= 15 is 0 Å². The van der Waals surface area contributed by atoms with Crippen molar-refractivity contribution in [1.82, 2.24) is 14.1 Å². The number of rotatable bonds is 2. The molecule has 0 N–H and O–H groups in total. The van der Waals surface area contributed by atoms with Crippen LogP contribution in [0.2, 0.25) is 0 Å². The highest BCUT2D eigenvalue weighted by Gasteiger charge is 2.22. The number of hydrogen-bond acceptors (Lipinski definition) is 3. The molecule has 0 radical (unpaired) electrons. The van der Waals surface area contributed by atoms with Crippen LogP contribution in [0.25, 0.3) is 11.0 Å². The van der Waals surface area contributed by atoms with Gasteiger partial charge >= 0.3 is 0 Å². The summed E-state index contributed by atoms with van der Waals surface area (Å²) >= 11 is 0. The van der Waals surface area contributed by atoms with E-state index in [0.29, 0.717) is 23.1 Å². The Balaban J connectivity index is 1.91. The third-order valence-corrected chi connectivity index (χ3v) is 4.74. The number of benzene rings is 1. The highest BCUT2D eigenvalue weighted by atomic mass is 16.1. The van der Waals surface area contributed by atoms with Gasteiger partial charge in [0.1, 0.15) is 17.1 Å². The maximum atomic E-state index is 13.0. The zero-order chi connectivity index (χ0) is 16.5. The van der Waals surface area contributed by atoms with Crippen LogP contribution in [0.3, 0.4) is 0 Å². The Morgan fingerprint density at radius 1 is 1.17 bits per heavy atom. The summed E-state index contributed by atoms with van der Waals surface area (Å²) in [5, 5.41) is 9.56. The van der Waals surface area contributed by atoms with Crippen molar-refractivity contribution in [3.05, 3.63) is 63.8 Å². The fourth-order valence-corrected chi connectivity index (χ4v) is 3.57. The lowest BCUT2D eigenvalue weighted by molar-refractivity contribution is 0.642. The van der Waals surface area contributed by atoms with Gasteiger partial charge in [0.05, 0.1) is 18.4 Å². The Morgan fingerprint density at radius 2 is 2.00 bits per heavy atom. The molecule has 2 aromatic heterocycles. The summed E-state index contributed by atoms with van der Waals surface area (Å²) in [6, 6.07) is 12.1. The molecule has 120 valence electrons. The van der Waals surface area contributed by atoms with E-state index in [1.54, 1.807) is 10.9 Å². The van der Waals surface area contributed by atoms with Gasteiger partial charge in [-0.15, -0.1) is 0 Å². The Morgan fingerprint density at radius 3 is 2.79 bits per heavy atom. The minimum atomic E-state index is -0.0616. The van der Waals surface area contributed by atoms with Crippen molar-refractivity contribution in [1.29, 1.82) is 5.26 Å². The number of fused-ring (bicyclic) bond motifs is 3. The largest absolute Gasteiger partial charge is 0.337 e. The average molecular weight is 318 g/mol. The Kier molecular flexibility index (Phi) is 3.66. The molecule has 5 nitrogen and oxygen atoms in total. The quantitative estimate of drug-likeness (QED) is 0.730. The fourth-order valence-electron chi connectivity index (χ4n) is 3.57. The van der Waals surface area contributed by atoms with E-state index in [-0.39, 0.29) is 5.56 Å². The summed E-state index contributed by atoms with van der Waals surface area (Å²) in [4.78, 5) is 17.5. The van der Waals surface area contributed by atoms with Crippen LogP contribution in [0.1, 0.15) is 36.1 Å². The van der Waals surface area contributed by atoms with Gasteiger partial charge in [-0.2, -0.15) is 5.26 Å². The van der Waals surface area contributed by atoms with E-state index in [0.717, 1.165) is 43.5 Å². The molecule has 1 aliphatic rings. The fraction of sp³-hybridized carbons (Fsp3) is 0.316. The van der Waals surface area contributed by atoms with Crippen molar-refractivity contribution in [2.45, 2.75) is 38.8 Å². The highest BCUT2D eigenvalue weighted by Crippen LogP contribution is 2.26. The molecular weight excluding hydrogens is 300 g/mol. The van der Waals surface area contributed by atoms with Gasteiger partial charge in [-0.3, -0.25) is 9.36 Å². The SMILES string of the molecule is N#Cc1c2n(c3c(=O)n(Cc4ccccc4)cnc13)CCCCC2. The molecule has 0 unspecified atom stereocenters. The molecule has 1 aromatic carbocycles. The average Bonchev–Trinajstić information content (AvgIpc) is 2.74. The maximum Gasteiger partial charge on any atom is 0.278 e. The van der Waals surface area contributed by atoms with Gasteiger partial charge in [-0.05, 0) is 24.8 Å². The molecule has 0 aliphatic carbocycles. The molecule has 0 bridgehead atoms. The first-order valence-corrected chi connectivity index (χ1v) is 8.34. The summed E-state index contributed by atoms with van der Waals surface area (Å²) in [5.41, 5.74) is 3.70. The van der Waals surface area contributed by atoms with Crippen molar-refractivity contribution in [2.24, 2.45) is 0 Å². The zero-order valence-corrected chi connectivity index (χ0v) is 13.4. The smallest absolute Gasteiger partial charge is 0.278 e. The second kappa shape index (κ2) is 5.97. The number of aryl methyl sites for hydroxylation is 1. The lowest BCUT2D eigenvalue weighted by atomic mass is 10.1. The van der Waals surface area contributed by atoms with Crippen molar-refractivity contribution in [2.75, 3.05) is 0 Å². The summed E-state index contributed by atoms with van der Waals surface area (Å²) in [7, 11) is 0. The first-order chi connectivity index (χ1) is 11.8. The van der Waals surface area contributed by atoms with Crippen LogP contribution in [0.15, 0.2) is 41.5 Å². The lowest BCUT2D eigenvalue weighted by Crippen LogP contribution is -2.23. The molecule has 4 rings (SSSR count). The standard InChI is InChI=1S/C19H18N4O/c20-11-15-16-9-5-2-6-10-23(16)18-17(15)21-13-22(19(18)24)12-14-7-3-1-4-8-14/h1,3-4,7-8,13H,2,5-6,9-10,12H2. The van der Waals surface area contributed by atoms with Gasteiger partial charge in [0.2, 0.25) is 0 Å². The summed E-state index contributed by atoms with van der Waals surface area (Å²) in [5.74, 6) is 0. The van der Waals surface area contributed by atoms with Gasteiger partial charge < -0.3 is 4.57 Å². The van der Waals surface area contributed by atoms with Crippen LogP contribution in [0.4, 0.5) is 0 Å². The van der Waals surface area contributed by atoms with Crippen LogP contribution in [0, 0.1) is 11.3 Å². The maximum absolute atomic E-state index is 13.0. The number of hydrogen-bond donors (Lipinski definition) is 0. The van der Waals surface area contributed by atoms with Crippen LogP contribution in [0.5, 0.6) is 0 Å². The van der Waals surface area contributed by atoms with E-state index in [9.17, 15) is 10.1 Å². The minimum Gasteiger partial charge on any atom is -0.337 e. The molecule has 0 saturated heterocycles. The van der Waals surface area contributed by atoms with E-state index in [4.69, 9.17) is 0 Å². The second-order valence-electron chi connectivity index (χ2n) is 6.26. The predicted octanol–water partition coefficient (Wildman–Crippen LogP) is 2.84. The molecule has 0 spiro atoms. The van der Waals surface area contributed by atoms with Crippen molar-refractivity contribution >= 4 is 11.0 Å². The molecule has 3 aromatic rings. The van der Waals surface area contributed by atoms with Crippen molar-refractivity contribution in [3.8, 4) is 6.07 Å². The third kappa shape index (κ3) is 2.31. The Hall–Kier alpha value is -2.87. The first kappa shape index (κ1) is 14.7. The normalized spacial score (nSPS) is 14.1. The highest BCUT2D eigenvalue weighted by molar-refractivity contribution is 5.83. The van der Waals surface area contributed by atoms with E-state index < -0.39 is 0 Å². The van der Waals surface area contributed by atoms with Gasteiger partial charge in [-0.1, -0.05) is 36.8 Å². The topological polar surface area (TPSA) is 63.6 Å². The second-order valence-corrected chi connectivity index (χ2v) is 6.26. The van der Waals surface area contributed by atoms with Gasteiger partial charge in [0.25, 0.3) is 5.56 Å². The summed E-state index contributed by atoms with van der Waals surface area (Å²) in [6.07, 6.45) is 5.64. The molecule has 1 aliphatic heterocycles. The third-order valence-electron chi connectivity index (χ3n) is 4.74. The molecule has 0 amide bonds. The van der Waals surface area contributed by atoms with E-state index in [2.05, 4.69) is 11.1 Å². The molecule has 0 fully saturated rings. The Bertz CT molecular complexity index is 992. The van der Waals surface area contributed by atoms with Gasteiger partial charge in [0.15, 0.2) is 0 Å². The molecule has 24 heavy (non-hydrogen) atoms. The van der Waals surface area contributed by atoms with Crippen LogP contribution in [-0.4, -0.2) is 14.1 Å². The predicted molar refractivity (Wildman–Crippen MR) is 91.8 cm³/mol. The van der Waals surface area contributed by atoms with E-state index in [1.165, 1.54) is 0 Å². The zero-order valence-electron chi connectivity index (χ0n) is 13.4. The van der Waals surface area contributed by atoms with Crippen LogP contribution < -0.4 is 5.56 Å². The lowest BCUT2D eigenvalue weighted by Gasteiger charge is -2.08. The molecular formula is C19H18N4O. The molecule has 0 saturated carbocycles.